The fraction of sp³-hybridized carbons (Fsp3) is 0.857. The van der Waals surface area contributed by atoms with E-state index >= 15 is 0 Å². The summed E-state index contributed by atoms with van der Waals surface area (Å²) in [6.45, 7) is 10.1. The van der Waals surface area contributed by atoms with Gasteiger partial charge < -0.3 is 18.9 Å². The number of rotatable bonds is 2. The first-order valence-corrected chi connectivity index (χ1v) is 7.08. The lowest BCUT2D eigenvalue weighted by Gasteiger charge is -2.20. The van der Waals surface area contributed by atoms with Gasteiger partial charge in [0, 0.05) is 19.6 Å². The molecule has 1 rings (SSSR count). The quantitative estimate of drug-likeness (QED) is 0.700. The zero-order valence-corrected chi connectivity index (χ0v) is 12.0. The minimum atomic E-state index is 0.622. The van der Waals surface area contributed by atoms with Gasteiger partial charge in [0.05, 0.1) is 52.9 Å². The number of nitrogens with zero attached hydrogens (tertiary/aromatic N) is 1. The first-order valence-electron chi connectivity index (χ1n) is 7.08. The SMILES string of the molecule is C/C=C/CN1CCOCCOCCOCCOCC1. The van der Waals surface area contributed by atoms with Crippen LogP contribution in [-0.2, 0) is 18.9 Å². The zero-order valence-electron chi connectivity index (χ0n) is 12.0. The van der Waals surface area contributed by atoms with E-state index in [4.69, 9.17) is 18.9 Å². The molecule has 0 saturated carbocycles. The average molecular weight is 273 g/mol. The first kappa shape index (κ1) is 16.6. The fourth-order valence-electron chi connectivity index (χ4n) is 1.70. The van der Waals surface area contributed by atoms with Crippen molar-refractivity contribution in [1.29, 1.82) is 0 Å². The minimum absolute atomic E-state index is 0.622. The monoisotopic (exact) mass is 273 g/mol. The predicted molar refractivity (Wildman–Crippen MR) is 74.5 cm³/mol. The molecule has 0 aromatic carbocycles. The summed E-state index contributed by atoms with van der Waals surface area (Å²) < 4.78 is 21.9. The summed E-state index contributed by atoms with van der Waals surface area (Å²) in [5.41, 5.74) is 0. The maximum atomic E-state index is 5.55. The largest absolute Gasteiger partial charge is 0.378 e. The summed E-state index contributed by atoms with van der Waals surface area (Å²) in [6, 6.07) is 0. The number of allylic oxidation sites excluding steroid dienone is 1. The van der Waals surface area contributed by atoms with E-state index in [-0.39, 0.29) is 0 Å². The predicted octanol–water partition coefficient (Wildman–Crippen LogP) is 0.945. The number of hydrogen-bond acceptors (Lipinski definition) is 5. The van der Waals surface area contributed by atoms with Crippen LogP contribution in [0.3, 0.4) is 0 Å². The van der Waals surface area contributed by atoms with Crippen molar-refractivity contribution in [3.05, 3.63) is 12.2 Å². The summed E-state index contributed by atoms with van der Waals surface area (Å²) in [4.78, 5) is 2.32. The van der Waals surface area contributed by atoms with Crippen LogP contribution >= 0.6 is 0 Å². The molecule has 0 N–H and O–H groups in total. The van der Waals surface area contributed by atoms with Gasteiger partial charge in [0.2, 0.25) is 0 Å². The van der Waals surface area contributed by atoms with Crippen molar-refractivity contribution >= 4 is 0 Å². The second-order valence-corrected chi connectivity index (χ2v) is 4.32. The summed E-state index contributed by atoms with van der Waals surface area (Å²) in [5.74, 6) is 0. The van der Waals surface area contributed by atoms with Crippen molar-refractivity contribution in [3.63, 3.8) is 0 Å². The molecule has 1 saturated heterocycles. The Hall–Kier alpha value is -0.460. The van der Waals surface area contributed by atoms with Gasteiger partial charge in [-0.05, 0) is 6.92 Å². The molecular weight excluding hydrogens is 246 g/mol. The van der Waals surface area contributed by atoms with Gasteiger partial charge in [-0.2, -0.15) is 0 Å². The van der Waals surface area contributed by atoms with Crippen molar-refractivity contribution in [2.24, 2.45) is 0 Å². The maximum Gasteiger partial charge on any atom is 0.0701 e. The van der Waals surface area contributed by atoms with Crippen LogP contribution in [0.1, 0.15) is 6.92 Å². The van der Waals surface area contributed by atoms with Gasteiger partial charge in [0.25, 0.3) is 0 Å². The third-order valence-corrected chi connectivity index (χ3v) is 2.82. The molecule has 0 aromatic heterocycles. The normalized spacial score (nSPS) is 23.0. The lowest BCUT2D eigenvalue weighted by Crippen LogP contribution is -2.31. The molecule has 0 radical (unpaired) electrons. The standard InChI is InChI=1S/C14H27NO4/c1-2-3-4-15-5-7-16-9-11-18-13-14-19-12-10-17-8-6-15/h2-3H,4-14H2,1H3/b3-2+. The molecule has 19 heavy (non-hydrogen) atoms. The molecule has 112 valence electrons. The highest BCUT2D eigenvalue weighted by Crippen LogP contribution is 1.92. The molecule has 5 heteroatoms. The molecule has 0 bridgehead atoms. The molecule has 0 amide bonds. The Bertz CT molecular complexity index is 207. The van der Waals surface area contributed by atoms with E-state index in [0.29, 0.717) is 39.6 Å². The molecule has 0 atom stereocenters. The molecule has 0 unspecified atom stereocenters. The van der Waals surface area contributed by atoms with Crippen molar-refractivity contribution in [2.45, 2.75) is 6.92 Å². The van der Waals surface area contributed by atoms with Crippen LogP contribution in [0.5, 0.6) is 0 Å². The highest BCUT2D eigenvalue weighted by Gasteiger charge is 2.03. The molecular formula is C14H27NO4. The Morgan fingerprint density at radius 2 is 1.16 bits per heavy atom. The number of hydrogen-bond donors (Lipinski definition) is 0. The smallest absolute Gasteiger partial charge is 0.0701 e. The van der Waals surface area contributed by atoms with Crippen LogP contribution in [0.4, 0.5) is 0 Å². The molecule has 1 fully saturated rings. The molecule has 0 aliphatic carbocycles. The zero-order chi connectivity index (χ0) is 13.6. The highest BCUT2D eigenvalue weighted by molar-refractivity contribution is 4.81. The van der Waals surface area contributed by atoms with Crippen molar-refractivity contribution in [2.75, 3.05) is 72.5 Å². The van der Waals surface area contributed by atoms with Crippen molar-refractivity contribution < 1.29 is 18.9 Å². The van der Waals surface area contributed by atoms with E-state index in [1.807, 2.05) is 6.92 Å². The first-order chi connectivity index (χ1) is 9.43. The number of ether oxygens (including phenoxy) is 4. The lowest BCUT2D eigenvalue weighted by molar-refractivity contribution is 0.00206. The van der Waals surface area contributed by atoms with E-state index in [1.54, 1.807) is 0 Å². The van der Waals surface area contributed by atoms with Crippen LogP contribution in [0.25, 0.3) is 0 Å². The van der Waals surface area contributed by atoms with E-state index in [0.717, 1.165) is 32.8 Å². The minimum Gasteiger partial charge on any atom is -0.378 e. The Balaban J connectivity index is 2.25. The van der Waals surface area contributed by atoms with Gasteiger partial charge in [0.1, 0.15) is 0 Å². The van der Waals surface area contributed by atoms with E-state index < -0.39 is 0 Å². The summed E-state index contributed by atoms with van der Waals surface area (Å²) >= 11 is 0. The fourth-order valence-corrected chi connectivity index (χ4v) is 1.70. The molecule has 5 nitrogen and oxygen atoms in total. The van der Waals surface area contributed by atoms with Gasteiger partial charge in [-0.25, -0.2) is 0 Å². The van der Waals surface area contributed by atoms with Crippen LogP contribution in [0, 0.1) is 0 Å². The molecule has 0 spiro atoms. The molecule has 0 aromatic rings. The second kappa shape index (κ2) is 12.6. The second-order valence-electron chi connectivity index (χ2n) is 4.32. The third kappa shape index (κ3) is 10.0. The van der Waals surface area contributed by atoms with Crippen LogP contribution < -0.4 is 0 Å². The van der Waals surface area contributed by atoms with Crippen LogP contribution in [-0.4, -0.2) is 77.4 Å². The van der Waals surface area contributed by atoms with Crippen LogP contribution in [0.15, 0.2) is 12.2 Å². The van der Waals surface area contributed by atoms with Crippen molar-refractivity contribution in [3.8, 4) is 0 Å². The average Bonchev–Trinajstić information content (AvgIpc) is 2.44. The maximum absolute atomic E-state index is 5.55. The molecule has 1 aliphatic heterocycles. The lowest BCUT2D eigenvalue weighted by atomic mass is 10.4. The Morgan fingerprint density at radius 3 is 1.58 bits per heavy atom. The Morgan fingerprint density at radius 1 is 0.737 bits per heavy atom. The van der Waals surface area contributed by atoms with Gasteiger partial charge in [0.15, 0.2) is 0 Å². The molecule has 1 heterocycles. The van der Waals surface area contributed by atoms with Gasteiger partial charge in [-0.1, -0.05) is 12.2 Å². The third-order valence-electron chi connectivity index (χ3n) is 2.82. The van der Waals surface area contributed by atoms with Crippen molar-refractivity contribution in [1.82, 2.24) is 4.90 Å². The highest BCUT2D eigenvalue weighted by atomic mass is 16.6. The topological polar surface area (TPSA) is 40.2 Å². The Kier molecular flexibility index (Phi) is 11.0. The Labute approximate surface area is 116 Å². The summed E-state index contributed by atoms with van der Waals surface area (Å²) in [5, 5.41) is 0. The molecule has 1 aliphatic rings. The van der Waals surface area contributed by atoms with Gasteiger partial charge in [-0.15, -0.1) is 0 Å². The van der Waals surface area contributed by atoms with Crippen LogP contribution in [0.2, 0.25) is 0 Å². The summed E-state index contributed by atoms with van der Waals surface area (Å²) in [6.07, 6.45) is 4.22. The van der Waals surface area contributed by atoms with E-state index in [2.05, 4.69) is 17.1 Å². The van der Waals surface area contributed by atoms with E-state index in [9.17, 15) is 0 Å². The van der Waals surface area contributed by atoms with E-state index in [1.165, 1.54) is 0 Å². The van der Waals surface area contributed by atoms with Gasteiger partial charge in [-0.3, -0.25) is 4.90 Å². The van der Waals surface area contributed by atoms with Gasteiger partial charge >= 0.3 is 0 Å². The summed E-state index contributed by atoms with van der Waals surface area (Å²) in [7, 11) is 0.